The van der Waals surface area contributed by atoms with E-state index in [0.717, 1.165) is 22.3 Å². The van der Waals surface area contributed by atoms with Gasteiger partial charge < -0.3 is 10.2 Å². The van der Waals surface area contributed by atoms with Gasteiger partial charge in [-0.15, -0.1) is 0 Å². The van der Waals surface area contributed by atoms with E-state index in [1.54, 1.807) is 0 Å². The third-order valence-corrected chi connectivity index (χ3v) is 5.37. The molecule has 0 heterocycles. The predicted octanol–water partition coefficient (Wildman–Crippen LogP) is 6.13. The van der Waals surface area contributed by atoms with Gasteiger partial charge in [-0.05, 0) is 92.6 Å². The van der Waals surface area contributed by atoms with Crippen LogP contribution in [0, 0.1) is 41.5 Å². The minimum Gasteiger partial charge on any atom is -0.508 e. The van der Waals surface area contributed by atoms with Crippen molar-refractivity contribution in [1.29, 1.82) is 0 Å². The van der Waals surface area contributed by atoms with E-state index in [1.165, 1.54) is 27.8 Å². The summed E-state index contributed by atoms with van der Waals surface area (Å²) in [6.45, 7) is 12.2. The Labute approximate surface area is 162 Å². The number of benzene rings is 3. The maximum atomic E-state index is 10.1. The zero-order valence-corrected chi connectivity index (χ0v) is 17.0. The number of phenols is 2. The molecule has 0 unspecified atom stereocenters. The van der Waals surface area contributed by atoms with Crippen LogP contribution in [0.15, 0.2) is 42.5 Å². The minimum absolute atomic E-state index is 0.0437. The molecule has 0 aliphatic carbocycles. The Hall–Kier alpha value is -2.74. The maximum absolute atomic E-state index is 10.1. The van der Waals surface area contributed by atoms with Crippen molar-refractivity contribution < 1.29 is 10.2 Å². The molecule has 0 bridgehead atoms. The second kappa shape index (κ2) is 7.11. The summed E-state index contributed by atoms with van der Waals surface area (Å²) in [7, 11) is 0. The van der Waals surface area contributed by atoms with Crippen LogP contribution in [-0.2, 0) is 0 Å². The first kappa shape index (κ1) is 19.0. The van der Waals surface area contributed by atoms with Crippen molar-refractivity contribution in [2.45, 2.75) is 47.5 Å². The van der Waals surface area contributed by atoms with E-state index < -0.39 is 0 Å². The monoisotopic (exact) mass is 360 g/mol. The molecule has 0 aromatic heterocycles. The first-order valence-electron chi connectivity index (χ1n) is 9.35. The molecule has 3 rings (SSSR count). The number of hydrogen-bond acceptors (Lipinski definition) is 2. The van der Waals surface area contributed by atoms with Gasteiger partial charge in [0, 0.05) is 5.92 Å². The Kier molecular flexibility index (Phi) is 5.01. The zero-order chi connectivity index (χ0) is 19.9. The van der Waals surface area contributed by atoms with Crippen LogP contribution < -0.4 is 0 Å². The molecule has 0 saturated heterocycles. The van der Waals surface area contributed by atoms with Gasteiger partial charge in [0.15, 0.2) is 0 Å². The van der Waals surface area contributed by atoms with Crippen molar-refractivity contribution in [2.75, 3.05) is 0 Å². The molecule has 2 heteroatoms. The van der Waals surface area contributed by atoms with Crippen LogP contribution in [0.1, 0.15) is 56.0 Å². The molecule has 0 atom stereocenters. The summed E-state index contributed by atoms with van der Waals surface area (Å²) in [5.41, 5.74) is 9.93. The van der Waals surface area contributed by atoms with E-state index in [4.69, 9.17) is 0 Å². The lowest BCUT2D eigenvalue weighted by Gasteiger charge is -2.25. The van der Waals surface area contributed by atoms with Crippen LogP contribution in [0.25, 0.3) is 0 Å². The highest BCUT2D eigenvalue weighted by Crippen LogP contribution is 2.39. The van der Waals surface area contributed by atoms with Gasteiger partial charge in [0.05, 0.1) is 0 Å². The molecule has 0 saturated carbocycles. The topological polar surface area (TPSA) is 40.5 Å². The summed E-state index contributed by atoms with van der Waals surface area (Å²) in [5, 5.41) is 20.3. The highest BCUT2D eigenvalue weighted by molar-refractivity contribution is 5.55. The van der Waals surface area contributed by atoms with Gasteiger partial charge in [0.25, 0.3) is 0 Å². The average Bonchev–Trinajstić information content (AvgIpc) is 2.56. The Morgan fingerprint density at radius 2 is 0.926 bits per heavy atom. The standard InChI is InChI=1S/C25H28O2/c1-14-7-15(2)9-20(8-14)25(21-10-18(5)23(26)12-16(21)3)22-11-19(6)24(27)13-17(22)4/h7-13,25-27H,1-6H3. The van der Waals surface area contributed by atoms with E-state index in [-0.39, 0.29) is 5.92 Å². The Balaban J connectivity index is 2.34. The third-order valence-electron chi connectivity index (χ3n) is 5.37. The van der Waals surface area contributed by atoms with Crippen molar-refractivity contribution in [3.63, 3.8) is 0 Å². The fourth-order valence-electron chi connectivity index (χ4n) is 3.97. The molecule has 140 valence electrons. The molecular weight excluding hydrogens is 332 g/mol. The highest BCUT2D eigenvalue weighted by atomic mass is 16.3. The molecule has 0 fully saturated rings. The number of aromatic hydroxyl groups is 2. The van der Waals surface area contributed by atoms with E-state index in [0.29, 0.717) is 11.5 Å². The number of rotatable bonds is 3. The smallest absolute Gasteiger partial charge is 0.118 e. The highest BCUT2D eigenvalue weighted by Gasteiger charge is 2.23. The minimum atomic E-state index is 0.0437. The van der Waals surface area contributed by atoms with Gasteiger partial charge in [-0.1, -0.05) is 41.5 Å². The van der Waals surface area contributed by atoms with Crippen LogP contribution in [0.3, 0.4) is 0 Å². The fraction of sp³-hybridized carbons (Fsp3) is 0.280. The number of hydrogen-bond donors (Lipinski definition) is 2. The maximum Gasteiger partial charge on any atom is 0.118 e. The normalized spacial score (nSPS) is 11.2. The molecule has 3 aromatic carbocycles. The average molecular weight is 360 g/mol. The Bertz CT molecular complexity index is 938. The molecule has 3 aromatic rings. The van der Waals surface area contributed by atoms with Crippen LogP contribution in [0.2, 0.25) is 0 Å². The van der Waals surface area contributed by atoms with E-state index in [2.05, 4.69) is 44.2 Å². The fourth-order valence-corrected chi connectivity index (χ4v) is 3.97. The van der Waals surface area contributed by atoms with E-state index >= 15 is 0 Å². The lowest BCUT2D eigenvalue weighted by molar-refractivity contribution is 0.470. The van der Waals surface area contributed by atoms with Crippen molar-refractivity contribution in [3.05, 3.63) is 92.5 Å². The predicted molar refractivity (Wildman–Crippen MR) is 112 cm³/mol. The Morgan fingerprint density at radius 1 is 0.519 bits per heavy atom. The molecule has 0 aliphatic rings. The summed E-state index contributed by atoms with van der Waals surface area (Å²) >= 11 is 0. The van der Waals surface area contributed by atoms with E-state index in [1.807, 2.05) is 39.8 Å². The van der Waals surface area contributed by atoms with E-state index in [9.17, 15) is 10.2 Å². The van der Waals surface area contributed by atoms with Gasteiger partial charge in [0.1, 0.15) is 11.5 Å². The number of phenolic OH excluding ortho intramolecular Hbond substituents is 2. The molecule has 0 radical (unpaired) electrons. The zero-order valence-electron chi connectivity index (χ0n) is 17.0. The lowest BCUT2D eigenvalue weighted by atomic mass is 9.79. The lowest BCUT2D eigenvalue weighted by Crippen LogP contribution is -2.09. The van der Waals surface area contributed by atoms with Crippen molar-refractivity contribution in [2.24, 2.45) is 0 Å². The second-order valence-corrected chi connectivity index (χ2v) is 7.84. The molecular formula is C25H28O2. The van der Waals surface area contributed by atoms with Crippen molar-refractivity contribution >= 4 is 0 Å². The summed E-state index contributed by atoms with van der Waals surface area (Å²) in [6.07, 6.45) is 0. The van der Waals surface area contributed by atoms with Crippen molar-refractivity contribution in [3.8, 4) is 11.5 Å². The summed E-state index contributed by atoms with van der Waals surface area (Å²) in [6, 6.07) is 14.5. The third kappa shape index (κ3) is 3.71. The number of aryl methyl sites for hydroxylation is 6. The van der Waals surface area contributed by atoms with Crippen LogP contribution in [0.5, 0.6) is 11.5 Å². The van der Waals surface area contributed by atoms with Crippen molar-refractivity contribution in [1.82, 2.24) is 0 Å². The van der Waals surface area contributed by atoms with Crippen LogP contribution in [0.4, 0.5) is 0 Å². The van der Waals surface area contributed by atoms with Crippen LogP contribution >= 0.6 is 0 Å². The quantitative estimate of drug-likeness (QED) is 0.552. The summed E-state index contributed by atoms with van der Waals surface area (Å²) in [4.78, 5) is 0. The largest absolute Gasteiger partial charge is 0.508 e. The summed E-state index contributed by atoms with van der Waals surface area (Å²) in [5.74, 6) is 0.699. The molecule has 0 aliphatic heterocycles. The summed E-state index contributed by atoms with van der Waals surface area (Å²) < 4.78 is 0. The van der Waals surface area contributed by atoms with Gasteiger partial charge in [-0.25, -0.2) is 0 Å². The first-order valence-corrected chi connectivity index (χ1v) is 9.35. The molecule has 2 nitrogen and oxygen atoms in total. The molecule has 0 spiro atoms. The molecule has 2 N–H and O–H groups in total. The van der Waals surface area contributed by atoms with Gasteiger partial charge in [0.2, 0.25) is 0 Å². The SMILES string of the molecule is Cc1cc(C)cc(C(c2cc(C)c(O)cc2C)c2cc(C)c(O)cc2C)c1. The first-order chi connectivity index (χ1) is 12.7. The molecule has 0 amide bonds. The van der Waals surface area contributed by atoms with Gasteiger partial charge in [-0.2, -0.15) is 0 Å². The van der Waals surface area contributed by atoms with Gasteiger partial charge in [-0.3, -0.25) is 0 Å². The molecule has 27 heavy (non-hydrogen) atoms. The second-order valence-electron chi connectivity index (χ2n) is 7.84. The van der Waals surface area contributed by atoms with Crippen LogP contribution in [-0.4, -0.2) is 10.2 Å². The van der Waals surface area contributed by atoms with Gasteiger partial charge >= 0.3 is 0 Å². The Morgan fingerprint density at radius 3 is 1.33 bits per heavy atom.